The van der Waals surface area contributed by atoms with Crippen molar-refractivity contribution in [1.29, 1.82) is 0 Å². The maximum atomic E-state index is 4.24. The molecule has 2 rings (SSSR count). The molecule has 0 unspecified atom stereocenters. The van der Waals surface area contributed by atoms with Crippen LogP contribution in [-0.4, -0.2) is 4.98 Å². The highest BCUT2D eigenvalue weighted by molar-refractivity contribution is 9.10. The molecule has 1 atom stereocenters. The molecule has 4 heteroatoms. The Hall–Kier alpha value is -0.710. The van der Waals surface area contributed by atoms with E-state index in [4.69, 9.17) is 0 Å². The minimum atomic E-state index is 0.342. The van der Waals surface area contributed by atoms with E-state index < -0.39 is 0 Å². The van der Waals surface area contributed by atoms with E-state index >= 15 is 0 Å². The topological polar surface area (TPSA) is 24.9 Å². The highest BCUT2D eigenvalue weighted by atomic mass is 79.9. The average Bonchev–Trinajstić information content (AvgIpc) is 2.80. The van der Waals surface area contributed by atoms with E-state index in [0.29, 0.717) is 6.04 Å². The first-order chi connectivity index (χ1) is 7.75. The molecular formula is C12H13BrN2S. The summed E-state index contributed by atoms with van der Waals surface area (Å²) in [7, 11) is 0. The lowest BCUT2D eigenvalue weighted by Crippen LogP contribution is -2.18. The van der Waals surface area contributed by atoms with Crippen LogP contribution in [0.1, 0.15) is 24.2 Å². The summed E-state index contributed by atoms with van der Waals surface area (Å²) >= 11 is 5.07. The lowest BCUT2D eigenvalue weighted by molar-refractivity contribution is 0.569. The van der Waals surface area contributed by atoms with Crippen molar-refractivity contribution in [2.75, 3.05) is 0 Å². The van der Waals surface area contributed by atoms with E-state index in [2.05, 4.69) is 62.8 Å². The number of halogens is 1. The maximum Gasteiger partial charge on any atom is 0.0795 e. The van der Waals surface area contributed by atoms with Crippen LogP contribution in [0.4, 0.5) is 0 Å². The standard InChI is InChI=1S/C12H13BrN2S/c1-9(10-2-4-11(13)5-3-10)14-6-12-7-16-8-15-12/h2-5,7-9,14H,6H2,1H3/t9-/m1/s1. The molecule has 0 spiro atoms. The zero-order chi connectivity index (χ0) is 11.4. The summed E-state index contributed by atoms with van der Waals surface area (Å²) in [5.41, 5.74) is 4.26. The highest BCUT2D eigenvalue weighted by Crippen LogP contribution is 2.16. The molecule has 2 aromatic rings. The summed E-state index contributed by atoms with van der Waals surface area (Å²) in [4.78, 5) is 4.24. The van der Waals surface area contributed by atoms with Crippen LogP contribution in [0.3, 0.4) is 0 Å². The number of hydrogen-bond donors (Lipinski definition) is 1. The number of thiazole rings is 1. The summed E-state index contributed by atoms with van der Waals surface area (Å²) in [5, 5.41) is 5.52. The number of nitrogens with one attached hydrogen (secondary N) is 1. The molecule has 0 radical (unpaired) electrons. The number of nitrogens with zero attached hydrogens (tertiary/aromatic N) is 1. The molecule has 0 amide bonds. The molecule has 84 valence electrons. The molecule has 1 aromatic heterocycles. The summed E-state index contributed by atoms with van der Waals surface area (Å²) in [6.07, 6.45) is 0. The van der Waals surface area contributed by atoms with E-state index in [9.17, 15) is 0 Å². The molecule has 0 aliphatic heterocycles. The zero-order valence-electron chi connectivity index (χ0n) is 8.98. The van der Waals surface area contributed by atoms with E-state index in [1.807, 2.05) is 5.51 Å². The molecule has 1 heterocycles. The number of rotatable bonds is 4. The molecule has 0 bridgehead atoms. The van der Waals surface area contributed by atoms with Crippen LogP contribution in [0.15, 0.2) is 39.6 Å². The SMILES string of the molecule is C[C@@H](NCc1cscn1)c1ccc(Br)cc1. The van der Waals surface area contributed by atoms with Crippen LogP contribution in [0.25, 0.3) is 0 Å². The van der Waals surface area contributed by atoms with Gasteiger partial charge in [-0.2, -0.15) is 0 Å². The van der Waals surface area contributed by atoms with Gasteiger partial charge in [0.25, 0.3) is 0 Å². The lowest BCUT2D eigenvalue weighted by atomic mass is 10.1. The van der Waals surface area contributed by atoms with Crippen molar-refractivity contribution in [2.45, 2.75) is 19.5 Å². The summed E-state index contributed by atoms with van der Waals surface area (Å²) in [6, 6.07) is 8.73. The number of aromatic nitrogens is 1. The quantitative estimate of drug-likeness (QED) is 0.929. The minimum Gasteiger partial charge on any atom is -0.305 e. The second-order valence-electron chi connectivity index (χ2n) is 3.63. The number of hydrogen-bond acceptors (Lipinski definition) is 3. The Bertz CT molecular complexity index is 425. The van der Waals surface area contributed by atoms with Crippen molar-refractivity contribution in [1.82, 2.24) is 10.3 Å². The molecule has 1 aromatic carbocycles. The fourth-order valence-electron chi connectivity index (χ4n) is 1.45. The Morgan fingerprint density at radius 3 is 2.75 bits per heavy atom. The van der Waals surface area contributed by atoms with Crippen molar-refractivity contribution in [2.24, 2.45) is 0 Å². The van der Waals surface area contributed by atoms with Gasteiger partial charge < -0.3 is 5.32 Å². The van der Waals surface area contributed by atoms with Crippen LogP contribution >= 0.6 is 27.3 Å². The molecule has 0 fully saturated rings. The van der Waals surface area contributed by atoms with E-state index in [1.54, 1.807) is 11.3 Å². The molecule has 16 heavy (non-hydrogen) atoms. The Morgan fingerprint density at radius 2 is 2.12 bits per heavy atom. The van der Waals surface area contributed by atoms with Crippen LogP contribution in [-0.2, 0) is 6.54 Å². The van der Waals surface area contributed by atoms with Gasteiger partial charge in [-0.05, 0) is 24.6 Å². The van der Waals surface area contributed by atoms with E-state index in [0.717, 1.165) is 16.7 Å². The zero-order valence-corrected chi connectivity index (χ0v) is 11.4. The van der Waals surface area contributed by atoms with Crippen molar-refractivity contribution in [3.8, 4) is 0 Å². The van der Waals surface area contributed by atoms with Crippen LogP contribution in [0.5, 0.6) is 0 Å². The van der Waals surface area contributed by atoms with Gasteiger partial charge in [0.05, 0.1) is 11.2 Å². The van der Waals surface area contributed by atoms with Crippen molar-refractivity contribution < 1.29 is 0 Å². The van der Waals surface area contributed by atoms with Gasteiger partial charge in [0.2, 0.25) is 0 Å². The average molecular weight is 297 g/mol. The van der Waals surface area contributed by atoms with Crippen molar-refractivity contribution in [3.63, 3.8) is 0 Å². The fourth-order valence-corrected chi connectivity index (χ4v) is 2.27. The second-order valence-corrected chi connectivity index (χ2v) is 5.27. The molecule has 0 saturated carbocycles. The van der Waals surface area contributed by atoms with Gasteiger partial charge in [-0.3, -0.25) is 0 Å². The first-order valence-corrected chi connectivity index (χ1v) is 6.85. The Morgan fingerprint density at radius 1 is 1.38 bits per heavy atom. The Labute approximate surface area is 108 Å². The van der Waals surface area contributed by atoms with E-state index in [-0.39, 0.29) is 0 Å². The van der Waals surface area contributed by atoms with Crippen molar-refractivity contribution >= 4 is 27.3 Å². The summed E-state index contributed by atoms with van der Waals surface area (Å²) < 4.78 is 1.11. The third-order valence-electron chi connectivity index (χ3n) is 2.44. The lowest BCUT2D eigenvalue weighted by Gasteiger charge is -2.13. The Kier molecular flexibility index (Phi) is 4.09. The minimum absolute atomic E-state index is 0.342. The smallest absolute Gasteiger partial charge is 0.0795 e. The monoisotopic (exact) mass is 296 g/mol. The van der Waals surface area contributed by atoms with Gasteiger partial charge in [0.15, 0.2) is 0 Å². The predicted molar refractivity (Wildman–Crippen MR) is 71.5 cm³/mol. The number of benzene rings is 1. The van der Waals surface area contributed by atoms with Gasteiger partial charge in [-0.25, -0.2) is 4.98 Å². The predicted octanol–water partition coefficient (Wildman–Crippen LogP) is 3.76. The highest BCUT2D eigenvalue weighted by Gasteiger charge is 2.04. The molecule has 0 aliphatic carbocycles. The molecule has 2 nitrogen and oxygen atoms in total. The molecule has 1 N–H and O–H groups in total. The largest absolute Gasteiger partial charge is 0.305 e. The van der Waals surface area contributed by atoms with Crippen LogP contribution in [0.2, 0.25) is 0 Å². The van der Waals surface area contributed by atoms with Gasteiger partial charge in [-0.1, -0.05) is 28.1 Å². The first-order valence-electron chi connectivity index (χ1n) is 5.11. The van der Waals surface area contributed by atoms with Crippen LogP contribution in [0, 0.1) is 0 Å². The van der Waals surface area contributed by atoms with Crippen molar-refractivity contribution in [3.05, 3.63) is 50.9 Å². The molecule has 0 aliphatic rings. The first kappa shape index (κ1) is 11.8. The molecular weight excluding hydrogens is 284 g/mol. The van der Waals surface area contributed by atoms with E-state index in [1.165, 1.54) is 5.56 Å². The van der Waals surface area contributed by atoms with Gasteiger partial charge in [-0.15, -0.1) is 11.3 Å². The van der Waals surface area contributed by atoms with Gasteiger partial charge in [0, 0.05) is 22.4 Å². The molecule has 0 saturated heterocycles. The summed E-state index contributed by atoms with van der Waals surface area (Å²) in [5.74, 6) is 0. The fraction of sp³-hybridized carbons (Fsp3) is 0.250. The normalized spacial score (nSPS) is 12.6. The summed E-state index contributed by atoms with van der Waals surface area (Å²) in [6.45, 7) is 2.98. The third kappa shape index (κ3) is 3.14. The van der Waals surface area contributed by atoms with Gasteiger partial charge >= 0.3 is 0 Å². The maximum absolute atomic E-state index is 4.24. The van der Waals surface area contributed by atoms with Gasteiger partial charge in [0.1, 0.15) is 0 Å². The van der Waals surface area contributed by atoms with Crippen LogP contribution < -0.4 is 5.32 Å². The third-order valence-corrected chi connectivity index (χ3v) is 3.61. The Balaban J connectivity index is 1.93. The second kappa shape index (κ2) is 5.57.